The highest BCUT2D eigenvalue weighted by Crippen LogP contribution is 2.33. The van der Waals surface area contributed by atoms with Crippen molar-refractivity contribution >= 4 is 16.6 Å². The molecular formula is C27H41NOSi2. The normalized spacial score (nSPS) is 12.0. The van der Waals surface area contributed by atoms with E-state index >= 15 is 0 Å². The van der Waals surface area contributed by atoms with Gasteiger partial charge in [-0.3, -0.25) is 0 Å². The summed E-state index contributed by atoms with van der Waals surface area (Å²) in [6, 6.07) is 26.6. The second-order valence-corrected chi connectivity index (χ2v) is 18.4. The van der Waals surface area contributed by atoms with Gasteiger partial charge in [0, 0.05) is 0 Å². The van der Waals surface area contributed by atoms with E-state index in [9.17, 15) is 0 Å². The summed E-state index contributed by atoms with van der Waals surface area (Å²) in [5, 5.41) is 8.96. The molecule has 0 heterocycles. The molecule has 2 aromatic rings. The molecule has 0 aromatic heterocycles. The lowest BCUT2D eigenvalue weighted by Crippen LogP contribution is -2.50. The van der Waals surface area contributed by atoms with Gasteiger partial charge in [-0.05, 0) is 77.9 Å². The molecule has 4 heteroatoms. The van der Waals surface area contributed by atoms with Gasteiger partial charge in [-0.15, -0.1) is 0 Å². The summed E-state index contributed by atoms with van der Waals surface area (Å²) in [6.07, 6.45) is 3.67. The zero-order valence-electron chi connectivity index (χ0n) is 20.3. The first-order valence-electron chi connectivity index (χ1n) is 12.3. The van der Waals surface area contributed by atoms with Crippen LogP contribution in [-0.2, 0) is 10.5 Å². The van der Waals surface area contributed by atoms with E-state index in [0.717, 1.165) is 6.42 Å². The molecule has 0 amide bonds. The highest BCUT2D eigenvalue weighted by Gasteiger charge is 2.40. The molecule has 168 valence electrons. The number of benzene rings is 2. The summed E-state index contributed by atoms with van der Waals surface area (Å²) in [4.78, 5) is 0. The predicted octanol–water partition coefficient (Wildman–Crippen LogP) is 8.56. The lowest BCUT2D eigenvalue weighted by molar-refractivity contribution is 0.501. The highest BCUT2D eigenvalue weighted by molar-refractivity contribution is 6.87. The standard InChI is InChI=1S/C27H41NOSi2/c1-6-30(7-2,8-3)29-31(9-4,10-5)22-12-11-13-24-14-18-26(19-15-24)27-20-16-25(23-28)17-21-27/h14-21H,6-13,22H2,1-5H3. The number of hydrogen-bond donors (Lipinski definition) is 0. The summed E-state index contributed by atoms with van der Waals surface area (Å²) in [5.74, 6) is 0. The molecule has 0 radical (unpaired) electrons. The van der Waals surface area contributed by atoms with Crippen molar-refractivity contribution in [2.45, 2.75) is 90.1 Å². The highest BCUT2D eigenvalue weighted by atomic mass is 28.4. The summed E-state index contributed by atoms with van der Waals surface area (Å²) >= 11 is 0. The molecule has 0 spiro atoms. The van der Waals surface area contributed by atoms with E-state index in [1.807, 2.05) is 24.3 Å². The second-order valence-electron chi connectivity index (χ2n) is 8.83. The summed E-state index contributed by atoms with van der Waals surface area (Å²) in [6.45, 7) is 11.8. The third kappa shape index (κ3) is 6.90. The van der Waals surface area contributed by atoms with Crippen LogP contribution in [0.1, 0.15) is 58.6 Å². The topological polar surface area (TPSA) is 33.0 Å². The number of rotatable bonds is 13. The van der Waals surface area contributed by atoms with Crippen molar-refractivity contribution in [3.63, 3.8) is 0 Å². The van der Waals surface area contributed by atoms with Crippen LogP contribution in [0.15, 0.2) is 48.5 Å². The molecule has 0 aliphatic heterocycles. The Morgan fingerprint density at radius 3 is 1.61 bits per heavy atom. The van der Waals surface area contributed by atoms with Gasteiger partial charge in [-0.2, -0.15) is 5.26 Å². The van der Waals surface area contributed by atoms with Crippen molar-refractivity contribution in [1.29, 1.82) is 5.26 Å². The summed E-state index contributed by atoms with van der Waals surface area (Å²) < 4.78 is 7.16. The van der Waals surface area contributed by atoms with E-state index in [4.69, 9.17) is 9.38 Å². The van der Waals surface area contributed by atoms with Gasteiger partial charge < -0.3 is 4.12 Å². The average Bonchev–Trinajstić information content (AvgIpc) is 2.85. The van der Waals surface area contributed by atoms with Crippen molar-refractivity contribution in [3.05, 3.63) is 59.7 Å². The third-order valence-electron chi connectivity index (χ3n) is 7.30. The van der Waals surface area contributed by atoms with Gasteiger partial charge in [0.1, 0.15) is 0 Å². The largest absolute Gasteiger partial charge is 0.455 e. The lowest BCUT2D eigenvalue weighted by atomic mass is 10.0. The zero-order chi connectivity index (χ0) is 22.7. The molecular weight excluding hydrogens is 410 g/mol. The average molecular weight is 452 g/mol. The van der Waals surface area contributed by atoms with Crippen molar-refractivity contribution < 1.29 is 4.12 Å². The maximum Gasteiger partial charge on any atom is 0.179 e. The molecule has 0 bridgehead atoms. The van der Waals surface area contributed by atoms with E-state index in [0.29, 0.717) is 5.56 Å². The summed E-state index contributed by atoms with van der Waals surface area (Å²) in [5.41, 5.74) is 4.50. The Morgan fingerprint density at radius 2 is 1.16 bits per heavy atom. The van der Waals surface area contributed by atoms with Crippen LogP contribution in [0.25, 0.3) is 11.1 Å². The van der Waals surface area contributed by atoms with Crippen LogP contribution in [0.5, 0.6) is 0 Å². The van der Waals surface area contributed by atoms with Crippen LogP contribution >= 0.6 is 0 Å². The van der Waals surface area contributed by atoms with Gasteiger partial charge >= 0.3 is 0 Å². The van der Waals surface area contributed by atoms with Gasteiger partial charge in [0.25, 0.3) is 0 Å². The number of unbranched alkanes of at least 4 members (excludes halogenated alkanes) is 1. The minimum Gasteiger partial charge on any atom is -0.455 e. The van der Waals surface area contributed by atoms with E-state index in [1.54, 1.807) is 0 Å². The molecule has 0 unspecified atom stereocenters. The van der Waals surface area contributed by atoms with Crippen LogP contribution in [0.2, 0.25) is 36.3 Å². The molecule has 0 saturated carbocycles. The van der Waals surface area contributed by atoms with Crippen molar-refractivity contribution in [2.24, 2.45) is 0 Å². The monoisotopic (exact) mass is 451 g/mol. The molecule has 2 nitrogen and oxygen atoms in total. The smallest absolute Gasteiger partial charge is 0.179 e. The quantitative estimate of drug-likeness (QED) is 0.226. The molecule has 31 heavy (non-hydrogen) atoms. The fourth-order valence-electron chi connectivity index (χ4n) is 4.60. The fraction of sp³-hybridized carbons (Fsp3) is 0.519. The molecule has 0 fully saturated rings. The minimum absolute atomic E-state index is 0.708. The van der Waals surface area contributed by atoms with Gasteiger partial charge in [-0.25, -0.2) is 0 Å². The molecule has 0 atom stereocenters. The Labute approximate surface area is 192 Å². The maximum absolute atomic E-state index is 8.96. The van der Waals surface area contributed by atoms with E-state index in [1.165, 1.54) is 65.8 Å². The number of nitriles is 1. The lowest BCUT2D eigenvalue weighted by Gasteiger charge is -2.41. The predicted molar refractivity (Wildman–Crippen MR) is 139 cm³/mol. The maximum atomic E-state index is 8.96. The molecule has 0 N–H and O–H groups in total. The molecule has 2 rings (SSSR count). The number of nitrogens with zero attached hydrogens (tertiary/aromatic N) is 1. The fourth-order valence-corrected chi connectivity index (χ4v) is 15.2. The van der Waals surface area contributed by atoms with Crippen molar-refractivity contribution in [1.82, 2.24) is 0 Å². The Balaban J connectivity index is 1.91. The van der Waals surface area contributed by atoms with Gasteiger partial charge in [0.2, 0.25) is 0 Å². The third-order valence-corrected chi connectivity index (χ3v) is 18.5. The number of aryl methyl sites for hydroxylation is 1. The molecule has 0 saturated heterocycles. The van der Waals surface area contributed by atoms with Crippen molar-refractivity contribution in [2.75, 3.05) is 0 Å². The van der Waals surface area contributed by atoms with E-state index in [-0.39, 0.29) is 0 Å². The first-order valence-corrected chi connectivity index (χ1v) is 17.3. The van der Waals surface area contributed by atoms with E-state index in [2.05, 4.69) is 65.0 Å². The van der Waals surface area contributed by atoms with E-state index < -0.39 is 16.6 Å². The first kappa shape index (κ1) is 25.6. The molecule has 0 aliphatic carbocycles. The van der Waals surface area contributed by atoms with Crippen molar-refractivity contribution in [3.8, 4) is 17.2 Å². The molecule has 0 aliphatic rings. The SMILES string of the molecule is CC[Si](CC)(CC)O[Si](CC)(CC)CCCCc1ccc(-c2ccc(C#N)cc2)cc1. The van der Waals surface area contributed by atoms with Crippen LogP contribution in [-0.4, -0.2) is 16.6 Å². The number of hydrogen-bond acceptors (Lipinski definition) is 2. The Kier molecular flexibility index (Phi) is 10.2. The van der Waals surface area contributed by atoms with Crippen LogP contribution < -0.4 is 0 Å². The second kappa shape index (κ2) is 12.4. The Morgan fingerprint density at radius 1 is 0.677 bits per heavy atom. The summed E-state index contributed by atoms with van der Waals surface area (Å²) in [7, 11) is -3.12. The van der Waals surface area contributed by atoms with Gasteiger partial charge in [0.15, 0.2) is 16.6 Å². The Bertz CT molecular complexity index is 808. The van der Waals surface area contributed by atoms with Gasteiger partial charge in [0.05, 0.1) is 11.6 Å². The van der Waals surface area contributed by atoms with Gasteiger partial charge in [-0.1, -0.05) is 77.4 Å². The first-order chi connectivity index (χ1) is 15.0. The van der Waals surface area contributed by atoms with Crippen LogP contribution in [0.3, 0.4) is 0 Å². The Hall–Kier alpha value is -1.68. The molecule has 2 aromatic carbocycles. The van der Waals surface area contributed by atoms with Crippen LogP contribution in [0.4, 0.5) is 0 Å². The zero-order valence-corrected chi connectivity index (χ0v) is 22.3. The van der Waals surface area contributed by atoms with Crippen LogP contribution in [0, 0.1) is 11.3 Å². The minimum atomic E-state index is -1.60.